The molecule has 0 bridgehead atoms. The molecule has 2 aliphatic rings. The first-order valence-corrected chi connectivity index (χ1v) is 10.1. The number of rotatable bonds is 2. The number of amides is 1. The van der Waals surface area contributed by atoms with Crippen LogP contribution in [-0.2, 0) is 17.9 Å². The van der Waals surface area contributed by atoms with Gasteiger partial charge in [0.2, 0.25) is 5.91 Å². The minimum Gasteiger partial charge on any atom is -0.341 e. The van der Waals surface area contributed by atoms with Gasteiger partial charge in [-0.2, -0.15) is 0 Å². The van der Waals surface area contributed by atoms with Crippen LogP contribution in [0.15, 0.2) is 34.2 Å². The highest BCUT2D eigenvalue weighted by Gasteiger charge is 2.24. The number of likely N-dealkylation sites (tertiary alicyclic amines) is 1. The molecule has 1 saturated heterocycles. The van der Waals surface area contributed by atoms with Crippen molar-refractivity contribution in [2.75, 3.05) is 18.8 Å². The van der Waals surface area contributed by atoms with Crippen LogP contribution in [0.3, 0.4) is 0 Å². The molecule has 1 fully saturated rings. The normalized spacial score (nSPS) is 17.2. The van der Waals surface area contributed by atoms with E-state index in [-0.39, 0.29) is 18.0 Å². The van der Waals surface area contributed by atoms with E-state index in [4.69, 9.17) is 4.98 Å². The fourth-order valence-electron chi connectivity index (χ4n) is 4.05. The number of nitrogens with zero attached hydrogens (tertiary/aromatic N) is 4. The molecule has 4 heterocycles. The summed E-state index contributed by atoms with van der Waals surface area (Å²) < 4.78 is 3.65. The molecule has 134 valence electrons. The summed E-state index contributed by atoms with van der Waals surface area (Å²) in [7, 11) is 0. The number of fused-ring (bicyclic) bond motifs is 4. The topological polar surface area (TPSA) is 60.1 Å². The van der Waals surface area contributed by atoms with Gasteiger partial charge in [-0.1, -0.05) is 30.0 Å². The molecule has 5 rings (SSSR count). The summed E-state index contributed by atoms with van der Waals surface area (Å²) >= 11 is 1.64. The Bertz CT molecular complexity index is 1080. The van der Waals surface area contributed by atoms with Crippen molar-refractivity contribution in [3.8, 4) is 0 Å². The van der Waals surface area contributed by atoms with Crippen LogP contribution in [0.25, 0.3) is 21.9 Å². The van der Waals surface area contributed by atoms with Gasteiger partial charge in [-0.25, -0.2) is 4.98 Å². The molecule has 0 unspecified atom stereocenters. The zero-order valence-electron chi connectivity index (χ0n) is 14.5. The van der Waals surface area contributed by atoms with E-state index in [2.05, 4.69) is 0 Å². The minimum absolute atomic E-state index is 0.0254. The van der Waals surface area contributed by atoms with Crippen LogP contribution in [0.2, 0.25) is 0 Å². The quantitative estimate of drug-likeness (QED) is 0.652. The highest BCUT2D eigenvalue weighted by atomic mass is 32.2. The second kappa shape index (κ2) is 6.16. The Morgan fingerprint density at radius 2 is 1.92 bits per heavy atom. The lowest BCUT2D eigenvalue weighted by Crippen LogP contribution is -2.32. The van der Waals surface area contributed by atoms with Crippen molar-refractivity contribution < 1.29 is 4.79 Å². The maximum absolute atomic E-state index is 13.2. The number of carbonyl (C=O) groups is 1. The lowest BCUT2D eigenvalue weighted by Gasteiger charge is -2.18. The molecule has 1 amide bonds. The summed E-state index contributed by atoms with van der Waals surface area (Å²) in [5.41, 5.74) is 2.17. The third-order valence-electron chi connectivity index (χ3n) is 5.34. The molecule has 0 radical (unpaired) electrons. The van der Waals surface area contributed by atoms with Crippen LogP contribution in [-0.4, -0.2) is 43.8 Å². The Hall–Kier alpha value is -2.28. The summed E-state index contributed by atoms with van der Waals surface area (Å²) in [6.07, 6.45) is 3.10. The number of para-hydroxylation sites is 1. The Kier molecular flexibility index (Phi) is 3.77. The molecule has 0 aliphatic carbocycles. The van der Waals surface area contributed by atoms with E-state index < -0.39 is 0 Å². The largest absolute Gasteiger partial charge is 0.341 e. The van der Waals surface area contributed by atoms with Crippen LogP contribution < -0.4 is 5.56 Å². The molecule has 7 heteroatoms. The average molecular weight is 368 g/mol. The fourth-order valence-corrected chi connectivity index (χ4v) is 4.99. The van der Waals surface area contributed by atoms with Crippen LogP contribution in [0, 0.1) is 0 Å². The van der Waals surface area contributed by atoms with Crippen LogP contribution >= 0.6 is 11.8 Å². The highest BCUT2D eigenvalue weighted by molar-refractivity contribution is 7.99. The summed E-state index contributed by atoms with van der Waals surface area (Å²) in [5, 5.41) is 1.74. The molecule has 2 aliphatic heterocycles. The maximum atomic E-state index is 13.2. The van der Waals surface area contributed by atoms with Crippen LogP contribution in [0.1, 0.15) is 19.3 Å². The zero-order chi connectivity index (χ0) is 17.7. The number of hydrogen-bond donors (Lipinski definition) is 0. The Labute approximate surface area is 154 Å². The Morgan fingerprint density at radius 3 is 2.77 bits per heavy atom. The molecule has 6 nitrogen and oxygen atoms in total. The number of thioether (sulfide) groups is 1. The van der Waals surface area contributed by atoms with Gasteiger partial charge >= 0.3 is 0 Å². The lowest BCUT2D eigenvalue weighted by molar-refractivity contribution is -0.130. The minimum atomic E-state index is -0.0254. The van der Waals surface area contributed by atoms with Crippen LogP contribution in [0.5, 0.6) is 0 Å². The van der Waals surface area contributed by atoms with Gasteiger partial charge in [-0.15, -0.1) is 0 Å². The summed E-state index contributed by atoms with van der Waals surface area (Å²) in [5.74, 6) is 1.07. The third kappa shape index (κ3) is 2.37. The number of aromatic nitrogens is 3. The van der Waals surface area contributed by atoms with Gasteiger partial charge in [-0.3, -0.25) is 14.2 Å². The molecule has 0 spiro atoms. The van der Waals surface area contributed by atoms with E-state index in [0.717, 1.165) is 59.7 Å². The summed E-state index contributed by atoms with van der Waals surface area (Å²) in [4.78, 5) is 32.7. The van der Waals surface area contributed by atoms with Crippen molar-refractivity contribution in [1.29, 1.82) is 0 Å². The third-order valence-corrected chi connectivity index (χ3v) is 6.40. The van der Waals surface area contributed by atoms with E-state index in [1.54, 1.807) is 16.3 Å². The molecular weight excluding hydrogens is 348 g/mol. The number of hydrogen-bond acceptors (Lipinski definition) is 4. The molecule has 0 saturated carbocycles. The predicted molar refractivity (Wildman–Crippen MR) is 103 cm³/mol. The molecule has 3 aromatic rings. The van der Waals surface area contributed by atoms with Crippen molar-refractivity contribution in [2.24, 2.45) is 0 Å². The van der Waals surface area contributed by atoms with Crippen LogP contribution in [0.4, 0.5) is 0 Å². The van der Waals surface area contributed by atoms with Gasteiger partial charge < -0.3 is 9.47 Å². The van der Waals surface area contributed by atoms with Gasteiger partial charge in [0.25, 0.3) is 5.56 Å². The smallest absolute Gasteiger partial charge is 0.278 e. The van der Waals surface area contributed by atoms with E-state index >= 15 is 0 Å². The monoisotopic (exact) mass is 368 g/mol. The maximum Gasteiger partial charge on any atom is 0.278 e. The Balaban J connectivity index is 1.74. The average Bonchev–Trinajstić information content (AvgIpc) is 3.30. The van der Waals surface area contributed by atoms with E-state index in [1.165, 1.54) is 0 Å². The van der Waals surface area contributed by atoms with Gasteiger partial charge in [-0.05, 0) is 25.3 Å². The van der Waals surface area contributed by atoms with Gasteiger partial charge in [0.05, 0.1) is 5.52 Å². The van der Waals surface area contributed by atoms with E-state index in [0.29, 0.717) is 12.1 Å². The first-order valence-electron chi connectivity index (χ1n) is 9.16. The Morgan fingerprint density at radius 1 is 1.12 bits per heavy atom. The van der Waals surface area contributed by atoms with Gasteiger partial charge in [0.1, 0.15) is 17.6 Å². The second-order valence-electron chi connectivity index (χ2n) is 6.94. The van der Waals surface area contributed by atoms with Crippen molar-refractivity contribution in [2.45, 2.75) is 37.5 Å². The summed E-state index contributed by atoms with van der Waals surface area (Å²) in [6, 6.07) is 7.88. The lowest BCUT2D eigenvalue weighted by atomic mass is 10.2. The van der Waals surface area contributed by atoms with Crippen molar-refractivity contribution in [3.63, 3.8) is 0 Å². The summed E-state index contributed by atoms with van der Waals surface area (Å²) in [6.45, 7) is 2.54. The van der Waals surface area contributed by atoms with Gasteiger partial charge in [0.15, 0.2) is 5.16 Å². The highest BCUT2D eigenvalue weighted by Crippen LogP contribution is 2.29. The SMILES string of the molecule is O=C(Cn1c2ccccc2c2nc3n(c(=O)c21)CCCS3)N1CCCC1. The number of benzene rings is 1. The van der Waals surface area contributed by atoms with Crippen molar-refractivity contribution >= 4 is 39.6 Å². The molecule has 26 heavy (non-hydrogen) atoms. The van der Waals surface area contributed by atoms with Crippen molar-refractivity contribution in [3.05, 3.63) is 34.6 Å². The molecule has 2 aromatic heterocycles. The van der Waals surface area contributed by atoms with Gasteiger partial charge in [0, 0.05) is 30.8 Å². The first-order chi connectivity index (χ1) is 12.7. The molecule has 0 atom stereocenters. The fraction of sp³-hybridized carbons (Fsp3) is 0.421. The van der Waals surface area contributed by atoms with E-state index in [9.17, 15) is 9.59 Å². The van der Waals surface area contributed by atoms with Crippen molar-refractivity contribution in [1.82, 2.24) is 19.0 Å². The predicted octanol–water partition coefficient (Wildman–Crippen LogP) is 2.47. The zero-order valence-corrected chi connectivity index (χ0v) is 15.3. The second-order valence-corrected chi connectivity index (χ2v) is 8.00. The molecular formula is C19H20N4O2S. The molecule has 0 N–H and O–H groups in total. The number of carbonyl (C=O) groups excluding carboxylic acids is 1. The standard InChI is InChI=1S/C19H20N4O2S/c24-15(21-8-3-4-9-21)12-23-14-7-2-1-6-13(14)16-17(23)18(25)22-10-5-11-26-19(22)20-16/h1-2,6-7H,3-5,8-12H2. The van der Waals surface area contributed by atoms with E-state index in [1.807, 2.05) is 33.7 Å². The first kappa shape index (κ1) is 15.9. The molecule has 1 aromatic carbocycles.